The molecule has 90 valence electrons. The summed E-state index contributed by atoms with van der Waals surface area (Å²) in [6.45, 7) is 3.59. The Morgan fingerprint density at radius 1 is 1.41 bits per heavy atom. The van der Waals surface area contributed by atoms with Gasteiger partial charge in [-0.1, -0.05) is 17.3 Å². The maximum Gasteiger partial charge on any atom is 0.231 e. The van der Waals surface area contributed by atoms with Crippen LogP contribution in [0.5, 0.6) is 0 Å². The van der Waals surface area contributed by atoms with Gasteiger partial charge in [0.15, 0.2) is 5.82 Å². The van der Waals surface area contributed by atoms with Gasteiger partial charge in [-0.25, -0.2) is 4.39 Å². The molecule has 0 aliphatic rings. The average molecular weight is 235 g/mol. The van der Waals surface area contributed by atoms with Crippen LogP contribution in [0.1, 0.15) is 31.1 Å². The fourth-order valence-electron chi connectivity index (χ4n) is 1.41. The van der Waals surface area contributed by atoms with Gasteiger partial charge in [0, 0.05) is 0 Å². The number of rotatable bonds is 3. The molecule has 17 heavy (non-hydrogen) atoms. The van der Waals surface area contributed by atoms with E-state index in [-0.39, 0.29) is 5.82 Å². The summed E-state index contributed by atoms with van der Waals surface area (Å²) in [5, 5.41) is 3.80. The van der Waals surface area contributed by atoms with Crippen molar-refractivity contribution in [3.63, 3.8) is 0 Å². The molecule has 0 spiro atoms. The highest BCUT2D eigenvalue weighted by molar-refractivity contribution is 5.19. The first-order valence-electron chi connectivity index (χ1n) is 5.31. The Hall–Kier alpha value is -1.75. The molecule has 0 atom stereocenters. The summed E-state index contributed by atoms with van der Waals surface area (Å²) in [5.74, 6) is 0.606. The number of nitrogens with zero attached hydrogens (tertiary/aromatic N) is 2. The summed E-state index contributed by atoms with van der Waals surface area (Å²) >= 11 is 0. The maximum atomic E-state index is 13.0. The van der Waals surface area contributed by atoms with Crippen molar-refractivity contribution in [2.45, 2.75) is 25.8 Å². The van der Waals surface area contributed by atoms with Crippen LogP contribution >= 0.6 is 0 Å². The van der Waals surface area contributed by atoms with E-state index in [9.17, 15) is 4.39 Å². The topological polar surface area (TPSA) is 64.9 Å². The van der Waals surface area contributed by atoms with Gasteiger partial charge >= 0.3 is 0 Å². The SMILES string of the molecule is CC(C)(N)c1noc(Cc2cccc(F)c2)n1. The second kappa shape index (κ2) is 4.25. The zero-order valence-corrected chi connectivity index (χ0v) is 9.77. The van der Waals surface area contributed by atoms with Crippen LogP contribution < -0.4 is 5.73 Å². The molecule has 1 aromatic heterocycles. The predicted octanol–water partition coefficient (Wildman–Crippen LogP) is 1.99. The molecule has 0 aliphatic carbocycles. The van der Waals surface area contributed by atoms with E-state index in [4.69, 9.17) is 10.3 Å². The molecule has 1 aromatic carbocycles. The van der Waals surface area contributed by atoms with Gasteiger partial charge in [-0.15, -0.1) is 0 Å². The van der Waals surface area contributed by atoms with Crippen molar-refractivity contribution in [2.24, 2.45) is 5.73 Å². The van der Waals surface area contributed by atoms with Gasteiger partial charge in [-0.3, -0.25) is 0 Å². The van der Waals surface area contributed by atoms with Crippen molar-refractivity contribution < 1.29 is 8.91 Å². The lowest BCUT2D eigenvalue weighted by Crippen LogP contribution is -2.30. The normalized spacial score (nSPS) is 11.8. The van der Waals surface area contributed by atoms with Crippen LogP contribution in [0.25, 0.3) is 0 Å². The lowest BCUT2D eigenvalue weighted by atomic mass is 10.1. The second-order valence-electron chi connectivity index (χ2n) is 4.54. The molecule has 0 radical (unpaired) electrons. The van der Waals surface area contributed by atoms with Crippen LogP contribution in [0, 0.1) is 5.82 Å². The molecule has 5 heteroatoms. The molecule has 2 rings (SSSR count). The van der Waals surface area contributed by atoms with E-state index >= 15 is 0 Å². The van der Waals surface area contributed by atoms with Crippen molar-refractivity contribution in [2.75, 3.05) is 0 Å². The predicted molar refractivity (Wildman–Crippen MR) is 60.7 cm³/mol. The molecule has 0 amide bonds. The fourth-order valence-corrected chi connectivity index (χ4v) is 1.41. The Morgan fingerprint density at radius 2 is 2.18 bits per heavy atom. The van der Waals surface area contributed by atoms with Crippen LogP contribution in [0.2, 0.25) is 0 Å². The van der Waals surface area contributed by atoms with E-state index in [0.717, 1.165) is 5.56 Å². The van der Waals surface area contributed by atoms with Crippen LogP contribution in [0.3, 0.4) is 0 Å². The van der Waals surface area contributed by atoms with E-state index in [1.165, 1.54) is 12.1 Å². The third-order valence-corrected chi connectivity index (χ3v) is 2.29. The largest absolute Gasteiger partial charge is 0.339 e. The van der Waals surface area contributed by atoms with Crippen LogP contribution in [0.4, 0.5) is 4.39 Å². The van der Waals surface area contributed by atoms with E-state index < -0.39 is 5.54 Å². The van der Waals surface area contributed by atoms with Gasteiger partial charge in [0.05, 0.1) is 12.0 Å². The Bertz CT molecular complexity index is 516. The Morgan fingerprint density at radius 3 is 2.76 bits per heavy atom. The van der Waals surface area contributed by atoms with Gasteiger partial charge in [-0.05, 0) is 31.5 Å². The molecule has 0 aliphatic heterocycles. The van der Waals surface area contributed by atoms with Crippen molar-refractivity contribution in [1.82, 2.24) is 10.1 Å². The first-order chi connectivity index (χ1) is 7.95. The fraction of sp³-hybridized carbons (Fsp3) is 0.333. The van der Waals surface area contributed by atoms with Crippen molar-refractivity contribution in [3.05, 3.63) is 47.4 Å². The summed E-state index contributed by atoms with van der Waals surface area (Å²) in [6.07, 6.45) is 0.404. The van der Waals surface area contributed by atoms with Crippen molar-refractivity contribution in [1.29, 1.82) is 0 Å². The molecule has 0 fully saturated rings. The summed E-state index contributed by atoms with van der Waals surface area (Å²) in [4.78, 5) is 4.18. The Labute approximate surface area is 98.6 Å². The van der Waals surface area contributed by atoms with E-state index in [1.54, 1.807) is 26.0 Å². The monoisotopic (exact) mass is 235 g/mol. The Kier molecular flexibility index (Phi) is 2.93. The van der Waals surface area contributed by atoms with Crippen LogP contribution in [0.15, 0.2) is 28.8 Å². The minimum absolute atomic E-state index is 0.276. The number of hydrogen-bond donors (Lipinski definition) is 1. The summed E-state index contributed by atoms with van der Waals surface area (Å²) in [5.41, 5.74) is 5.99. The maximum absolute atomic E-state index is 13.0. The van der Waals surface area contributed by atoms with Gasteiger partial charge < -0.3 is 10.3 Å². The Balaban J connectivity index is 2.17. The number of hydrogen-bond acceptors (Lipinski definition) is 4. The van der Waals surface area contributed by atoms with Gasteiger partial charge in [0.2, 0.25) is 5.89 Å². The van der Waals surface area contributed by atoms with Gasteiger partial charge in [0.1, 0.15) is 5.82 Å². The highest BCUT2D eigenvalue weighted by atomic mass is 19.1. The minimum Gasteiger partial charge on any atom is -0.339 e. The van der Waals surface area contributed by atoms with Crippen molar-refractivity contribution in [3.8, 4) is 0 Å². The third-order valence-electron chi connectivity index (χ3n) is 2.29. The summed E-state index contributed by atoms with van der Waals surface area (Å²) in [7, 11) is 0. The first kappa shape index (κ1) is 11.7. The highest BCUT2D eigenvalue weighted by Gasteiger charge is 2.21. The van der Waals surface area contributed by atoms with E-state index in [2.05, 4.69) is 10.1 Å². The number of aromatic nitrogens is 2. The number of halogens is 1. The van der Waals surface area contributed by atoms with Gasteiger partial charge in [-0.2, -0.15) is 4.98 Å². The molecule has 0 saturated carbocycles. The zero-order chi connectivity index (χ0) is 12.5. The zero-order valence-electron chi connectivity index (χ0n) is 9.77. The smallest absolute Gasteiger partial charge is 0.231 e. The quantitative estimate of drug-likeness (QED) is 0.883. The summed E-state index contributed by atoms with van der Waals surface area (Å²) < 4.78 is 18.0. The summed E-state index contributed by atoms with van der Waals surface area (Å²) in [6, 6.07) is 6.29. The molecule has 0 bridgehead atoms. The lowest BCUT2D eigenvalue weighted by Gasteiger charge is -2.11. The van der Waals surface area contributed by atoms with Crippen LogP contribution in [-0.4, -0.2) is 10.1 Å². The number of nitrogens with two attached hydrogens (primary N) is 1. The minimum atomic E-state index is -0.635. The molecular weight excluding hydrogens is 221 g/mol. The van der Waals surface area contributed by atoms with Gasteiger partial charge in [0.25, 0.3) is 0 Å². The molecule has 2 N–H and O–H groups in total. The van der Waals surface area contributed by atoms with Crippen molar-refractivity contribution >= 4 is 0 Å². The van der Waals surface area contributed by atoms with Crippen LogP contribution in [-0.2, 0) is 12.0 Å². The second-order valence-corrected chi connectivity index (χ2v) is 4.54. The standard InChI is InChI=1S/C12H14FN3O/c1-12(2,14)11-15-10(17-16-11)7-8-4-3-5-9(13)6-8/h3-6H,7,14H2,1-2H3. The molecular formula is C12H14FN3O. The first-order valence-corrected chi connectivity index (χ1v) is 5.31. The van der Waals surface area contributed by atoms with E-state index in [1.807, 2.05) is 0 Å². The van der Waals surface area contributed by atoms with E-state index in [0.29, 0.717) is 18.1 Å². The molecule has 0 saturated heterocycles. The number of benzene rings is 1. The third kappa shape index (κ3) is 2.88. The highest BCUT2D eigenvalue weighted by Crippen LogP contribution is 2.15. The lowest BCUT2D eigenvalue weighted by molar-refractivity contribution is 0.365. The molecule has 4 nitrogen and oxygen atoms in total. The molecule has 1 heterocycles. The average Bonchev–Trinajstić information content (AvgIpc) is 2.65. The molecule has 2 aromatic rings. The molecule has 0 unspecified atom stereocenters.